The van der Waals surface area contributed by atoms with E-state index in [9.17, 15) is 13.2 Å². The summed E-state index contributed by atoms with van der Waals surface area (Å²) in [6.45, 7) is 5.05. The van der Waals surface area contributed by atoms with E-state index in [0.717, 1.165) is 56.3 Å². The molecule has 31 heavy (non-hydrogen) atoms. The molecule has 0 radical (unpaired) electrons. The monoisotopic (exact) mass is 450 g/mol. The first-order chi connectivity index (χ1) is 14.9. The number of alkyl halides is 3. The van der Waals surface area contributed by atoms with E-state index in [2.05, 4.69) is 25.3 Å². The molecule has 1 fully saturated rings. The summed E-state index contributed by atoms with van der Waals surface area (Å²) in [6, 6.07) is 12.8. The van der Waals surface area contributed by atoms with Crippen molar-refractivity contribution in [3.05, 3.63) is 70.5 Å². The van der Waals surface area contributed by atoms with Gasteiger partial charge in [0.25, 0.3) is 0 Å². The second kappa shape index (κ2) is 9.33. The number of hydrogen-bond donors (Lipinski definition) is 0. The Morgan fingerprint density at radius 1 is 0.839 bits per heavy atom. The van der Waals surface area contributed by atoms with Crippen LogP contribution in [-0.2, 0) is 19.3 Å². The molecule has 0 spiro atoms. The van der Waals surface area contributed by atoms with Gasteiger partial charge in [-0.2, -0.15) is 17.9 Å². The highest BCUT2D eigenvalue weighted by molar-refractivity contribution is 6.30. The van der Waals surface area contributed by atoms with Crippen LogP contribution in [0.3, 0.4) is 0 Å². The molecule has 1 saturated heterocycles. The molecular weight excluding hydrogens is 429 g/mol. The Morgan fingerprint density at radius 3 is 2.13 bits per heavy atom. The molecule has 2 aromatic carbocycles. The molecule has 0 bridgehead atoms. The van der Waals surface area contributed by atoms with E-state index in [0.29, 0.717) is 18.1 Å². The van der Waals surface area contributed by atoms with E-state index in [1.54, 1.807) is 0 Å². The number of nitrogens with zero attached hydrogens (tertiary/aromatic N) is 6. The first-order valence-corrected chi connectivity index (χ1v) is 10.4. The van der Waals surface area contributed by atoms with Gasteiger partial charge in [-0.15, -0.1) is 5.10 Å². The molecule has 4 rings (SSSR count). The van der Waals surface area contributed by atoms with Crippen LogP contribution in [0.25, 0.3) is 5.69 Å². The molecule has 0 aliphatic carbocycles. The predicted octanol–water partition coefficient (Wildman–Crippen LogP) is 4.04. The number of hydrogen-bond acceptors (Lipinski definition) is 5. The van der Waals surface area contributed by atoms with Crippen LogP contribution in [0, 0.1) is 0 Å². The second-order valence-corrected chi connectivity index (χ2v) is 8.02. The van der Waals surface area contributed by atoms with Crippen molar-refractivity contribution in [1.82, 2.24) is 30.0 Å². The molecule has 0 amide bonds. The fraction of sp³-hybridized carbons (Fsp3) is 0.381. The van der Waals surface area contributed by atoms with Crippen LogP contribution in [0.1, 0.15) is 23.4 Å². The van der Waals surface area contributed by atoms with E-state index in [1.165, 1.54) is 22.4 Å². The lowest BCUT2D eigenvalue weighted by atomic mass is 10.2. The number of halogens is 4. The quantitative estimate of drug-likeness (QED) is 0.587. The van der Waals surface area contributed by atoms with Crippen LogP contribution < -0.4 is 0 Å². The smallest absolute Gasteiger partial charge is 0.298 e. The van der Waals surface area contributed by atoms with E-state index in [-0.39, 0.29) is 0 Å². The third-order valence-electron chi connectivity index (χ3n) is 5.34. The van der Waals surface area contributed by atoms with Gasteiger partial charge in [0.2, 0.25) is 0 Å². The molecule has 0 saturated carbocycles. The Balaban J connectivity index is 1.38. The van der Waals surface area contributed by atoms with Crippen LogP contribution in [0.15, 0.2) is 48.5 Å². The van der Waals surface area contributed by atoms with Crippen molar-refractivity contribution < 1.29 is 13.2 Å². The topological polar surface area (TPSA) is 50.1 Å². The van der Waals surface area contributed by atoms with Gasteiger partial charge in [-0.25, -0.2) is 0 Å². The van der Waals surface area contributed by atoms with Crippen LogP contribution in [0.4, 0.5) is 13.2 Å². The Kier molecular flexibility index (Phi) is 6.54. The number of benzene rings is 2. The number of rotatable bonds is 5. The van der Waals surface area contributed by atoms with Gasteiger partial charge in [0, 0.05) is 24.7 Å². The molecular formula is C21H22ClF3N6. The van der Waals surface area contributed by atoms with Crippen LogP contribution in [0.2, 0.25) is 5.02 Å². The zero-order valence-corrected chi connectivity index (χ0v) is 17.5. The number of aromatic nitrogens is 4. The average Bonchev–Trinajstić information content (AvgIpc) is 3.09. The summed E-state index contributed by atoms with van der Waals surface area (Å²) >= 11 is 5.96. The Morgan fingerprint density at radius 2 is 1.48 bits per heavy atom. The van der Waals surface area contributed by atoms with E-state index < -0.39 is 11.7 Å². The highest BCUT2D eigenvalue weighted by atomic mass is 35.5. The molecule has 164 valence electrons. The Bertz CT molecular complexity index is 988. The van der Waals surface area contributed by atoms with Gasteiger partial charge in [0.1, 0.15) is 0 Å². The molecule has 2 heterocycles. The van der Waals surface area contributed by atoms with Crippen molar-refractivity contribution in [2.24, 2.45) is 0 Å². The summed E-state index contributed by atoms with van der Waals surface area (Å²) in [7, 11) is 0. The maximum Gasteiger partial charge on any atom is 0.416 e. The van der Waals surface area contributed by atoms with Crippen molar-refractivity contribution in [2.45, 2.75) is 25.7 Å². The molecule has 3 aromatic rings. The Hall–Kier alpha value is -2.49. The van der Waals surface area contributed by atoms with Gasteiger partial charge >= 0.3 is 6.18 Å². The molecule has 1 aliphatic rings. The van der Waals surface area contributed by atoms with Crippen LogP contribution in [-0.4, -0.2) is 56.2 Å². The summed E-state index contributed by atoms with van der Waals surface area (Å²) < 4.78 is 39.9. The summed E-state index contributed by atoms with van der Waals surface area (Å²) in [4.78, 5) is 4.68. The lowest BCUT2D eigenvalue weighted by molar-refractivity contribution is -0.137. The summed E-state index contributed by atoms with van der Waals surface area (Å²) in [5.74, 6) is 0.603. The minimum absolute atomic E-state index is 0.507. The molecule has 10 heteroatoms. The highest BCUT2D eigenvalue weighted by Crippen LogP contribution is 2.29. The zero-order valence-electron chi connectivity index (χ0n) is 16.8. The third-order valence-corrected chi connectivity index (χ3v) is 5.59. The first kappa shape index (κ1) is 21.7. The second-order valence-electron chi connectivity index (χ2n) is 7.58. The fourth-order valence-corrected chi connectivity index (χ4v) is 3.81. The number of tetrazole rings is 1. The van der Waals surface area contributed by atoms with E-state index in [1.807, 2.05) is 24.3 Å². The van der Waals surface area contributed by atoms with Crippen molar-refractivity contribution in [3.8, 4) is 5.69 Å². The van der Waals surface area contributed by atoms with E-state index in [4.69, 9.17) is 11.6 Å². The highest BCUT2D eigenvalue weighted by Gasteiger charge is 2.30. The molecule has 0 unspecified atom stereocenters. The maximum absolute atomic E-state index is 12.8. The first-order valence-electron chi connectivity index (χ1n) is 10.0. The largest absolute Gasteiger partial charge is 0.416 e. The van der Waals surface area contributed by atoms with Gasteiger partial charge < -0.3 is 0 Å². The molecule has 1 aliphatic heterocycles. The molecule has 0 atom stereocenters. The van der Waals surface area contributed by atoms with Crippen LogP contribution >= 0.6 is 11.6 Å². The standard InChI is InChI=1S/C21H22ClF3N6/c22-18-6-2-16(3-7-18)14-29-10-1-11-30(13-12-29)15-20-26-27-28-31(20)19-8-4-17(5-9-19)21(23,24)25/h2-9H,1,10-15H2. The lowest BCUT2D eigenvalue weighted by Crippen LogP contribution is -2.31. The van der Waals surface area contributed by atoms with Crippen molar-refractivity contribution in [3.63, 3.8) is 0 Å². The minimum Gasteiger partial charge on any atom is -0.298 e. The zero-order chi connectivity index (χ0) is 21.8. The van der Waals surface area contributed by atoms with Crippen molar-refractivity contribution in [2.75, 3.05) is 26.2 Å². The van der Waals surface area contributed by atoms with Crippen molar-refractivity contribution >= 4 is 11.6 Å². The molecule has 1 aromatic heterocycles. The van der Waals surface area contributed by atoms with Gasteiger partial charge in [-0.3, -0.25) is 9.80 Å². The van der Waals surface area contributed by atoms with Gasteiger partial charge in [-0.1, -0.05) is 23.7 Å². The van der Waals surface area contributed by atoms with Gasteiger partial charge in [0.15, 0.2) is 5.82 Å². The maximum atomic E-state index is 12.8. The van der Waals surface area contributed by atoms with Crippen molar-refractivity contribution in [1.29, 1.82) is 0 Å². The van der Waals surface area contributed by atoms with E-state index >= 15 is 0 Å². The van der Waals surface area contributed by atoms with Gasteiger partial charge in [0.05, 0.1) is 17.8 Å². The van der Waals surface area contributed by atoms with Crippen LogP contribution in [0.5, 0.6) is 0 Å². The normalized spacial score (nSPS) is 16.4. The fourth-order valence-electron chi connectivity index (χ4n) is 3.69. The summed E-state index contributed by atoms with van der Waals surface area (Å²) in [6.07, 6.45) is -3.36. The summed E-state index contributed by atoms with van der Waals surface area (Å²) in [5, 5.41) is 12.5. The minimum atomic E-state index is -4.37. The molecule has 0 N–H and O–H groups in total. The summed E-state index contributed by atoms with van der Waals surface area (Å²) in [5.41, 5.74) is 1.04. The molecule has 6 nitrogen and oxygen atoms in total. The average molecular weight is 451 g/mol. The predicted molar refractivity (Wildman–Crippen MR) is 111 cm³/mol. The SMILES string of the molecule is FC(F)(F)c1ccc(-n2nnnc2CN2CCCN(Cc3ccc(Cl)cc3)CC2)cc1. The lowest BCUT2D eigenvalue weighted by Gasteiger charge is -2.21. The van der Waals surface area contributed by atoms with Gasteiger partial charge in [-0.05, 0) is 71.9 Å². The Labute approximate surface area is 183 Å². The third kappa shape index (κ3) is 5.61.